The molecule has 0 saturated carbocycles. The number of carbonyl (C=O) groups excluding carboxylic acids is 1. The summed E-state index contributed by atoms with van der Waals surface area (Å²) < 4.78 is 7.29. The van der Waals surface area contributed by atoms with Gasteiger partial charge in [0.15, 0.2) is 0 Å². The molecule has 0 unspecified atom stereocenters. The molecule has 2 aromatic rings. The van der Waals surface area contributed by atoms with Gasteiger partial charge in [0, 0.05) is 19.3 Å². The number of amides is 1. The number of morpholine rings is 1. The number of benzene rings is 1. The van der Waals surface area contributed by atoms with E-state index >= 15 is 0 Å². The van der Waals surface area contributed by atoms with Crippen molar-refractivity contribution in [3.8, 4) is 5.69 Å². The predicted octanol–water partition coefficient (Wildman–Crippen LogP) is 2.78. The number of nitrogens with zero attached hydrogens (tertiary/aromatic N) is 3. The summed E-state index contributed by atoms with van der Waals surface area (Å²) in [4.78, 5) is 14.4. The Morgan fingerprint density at radius 1 is 1.27 bits per heavy atom. The molecule has 1 saturated heterocycles. The second-order valence-electron chi connectivity index (χ2n) is 5.59. The monoisotopic (exact) mass is 319 g/mol. The Morgan fingerprint density at radius 3 is 2.64 bits per heavy atom. The second-order valence-corrected chi connectivity index (χ2v) is 6.00. The molecule has 1 aliphatic heterocycles. The normalized spacial score (nSPS) is 21.9. The second kappa shape index (κ2) is 6.10. The molecule has 1 aromatic carbocycles. The number of halogens is 1. The third kappa shape index (κ3) is 3.00. The van der Waals surface area contributed by atoms with Gasteiger partial charge in [0.05, 0.1) is 34.7 Å². The topological polar surface area (TPSA) is 47.4 Å². The summed E-state index contributed by atoms with van der Waals surface area (Å²) in [5.41, 5.74) is 1.31. The van der Waals surface area contributed by atoms with E-state index in [1.807, 2.05) is 36.9 Å². The van der Waals surface area contributed by atoms with E-state index in [0.29, 0.717) is 23.7 Å². The lowest BCUT2D eigenvalue weighted by atomic mass is 10.2. The number of aromatic nitrogens is 2. The van der Waals surface area contributed by atoms with Crippen molar-refractivity contribution in [2.45, 2.75) is 26.1 Å². The summed E-state index contributed by atoms with van der Waals surface area (Å²) in [6, 6.07) is 7.40. The first kappa shape index (κ1) is 15.1. The first-order chi connectivity index (χ1) is 10.5. The quantitative estimate of drug-likeness (QED) is 0.855. The zero-order chi connectivity index (χ0) is 15.7. The van der Waals surface area contributed by atoms with E-state index in [0.717, 1.165) is 5.69 Å². The minimum Gasteiger partial charge on any atom is -0.372 e. The molecule has 0 radical (unpaired) electrons. The van der Waals surface area contributed by atoms with Gasteiger partial charge in [0.2, 0.25) is 0 Å². The number of ether oxygens (including phenoxy) is 1. The maximum Gasteiger partial charge on any atom is 0.257 e. The van der Waals surface area contributed by atoms with Gasteiger partial charge in [0.25, 0.3) is 5.91 Å². The highest BCUT2D eigenvalue weighted by Gasteiger charge is 2.27. The Kier molecular flexibility index (Phi) is 4.18. The Hall–Kier alpha value is -1.85. The van der Waals surface area contributed by atoms with Crippen LogP contribution in [0.4, 0.5) is 0 Å². The van der Waals surface area contributed by atoms with Crippen molar-refractivity contribution in [1.82, 2.24) is 14.7 Å². The number of hydrogen-bond donors (Lipinski definition) is 0. The van der Waals surface area contributed by atoms with Crippen LogP contribution < -0.4 is 0 Å². The fraction of sp³-hybridized carbons (Fsp3) is 0.375. The third-order valence-corrected chi connectivity index (χ3v) is 3.96. The van der Waals surface area contributed by atoms with Crippen LogP contribution in [0, 0.1) is 0 Å². The molecular weight excluding hydrogens is 302 g/mol. The average Bonchev–Trinajstić information content (AvgIpc) is 2.95. The van der Waals surface area contributed by atoms with E-state index < -0.39 is 0 Å². The first-order valence-corrected chi connectivity index (χ1v) is 7.66. The lowest BCUT2D eigenvalue weighted by molar-refractivity contribution is -0.0586. The van der Waals surface area contributed by atoms with Crippen LogP contribution in [0.15, 0.2) is 36.7 Å². The standard InChI is InChI=1S/C16H18ClN3O2/c1-11-8-19(9-12(2)22-11)16(21)13-7-18-20(10-13)15-6-4-3-5-14(15)17/h3-7,10-12H,8-9H2,1-2H3/t11-,12-/m1/s1. The summed E-state index contributed by atoms with van der Waals surface area (Å²) in [6.07, 6.45) is 3.39. The molecule has 1 fully saturated rings. The molecular formula is C16H18ClN3O2. The molecule has 116 valence electrons. The highest BCUT2D eigenvalue weighted by atomic mass is 35.5. The van der Waals surface area contributed by atoms with Gasteiger partial charge in [-0.15, -0.1) is 0 Å². The molecule has 0 N–H and O–H groups in total. The van der Waals surface area contributed by atoms with E-state index in [4.69, 9.17) is 16.3 Å². The van der Waals surface area contributed by atoms with Gasteiger partial charge in [-0.1, -0.05) is 23.7 Å². The average molecular weight is 320 g/mol. The molecule has 1 aromatic heterocycles. The van der Waals surface area contributed by atoms with Gasteiger partial charge >= 0.3 is 0 Å². The summed E-state index contributed by atoms with van der Waals surface area (Å²) in [5.74, 6) is -0.0275. The van der Waals surface area contributed by atoms with Crippen LogP contribution in [0.5, 0.6) is 0 Å². The number of hydrogen-bond acceptors (Lipinski definition) is 3. The van der Waals surface area contributed by atoms with Crippen molar-refractivity contribution in [2.24, 2.45) is 0 Å². The molecule has 22 heavy (non-hydrogen) atoms. The number of rotatable bonds is 2. The highest BCUT2D eigenvalue weighted by molar-refractivity contribution is 6.32. The maximum atomic E-state index is 12.6. The maximum absolute atomic E-state index is 12.6. The molecule has 1 aliphatic rings. The molecule has 5 nitrogen and oxygen atoms in total. The lowest BCUT2D eigenvalue weighted by Gasteiger charge is -2.35. The zero-order valence-corrected chi connectivity index (χ0v) is 13.3. The lowest BCUT2D eigenvalue weighted by Crippen LogP contribution is -2.48. The van der Waals surface area contributed by atoms with Crippen molar-refractivity contribution >= 4 is 17.5 Å². The Bertz CT molecular complexity index is 676. The fourth-order valence-electron chi connectivity index (χ4n) is 2.73. The van der Waals surface area contributed by atoms with Crippen LogP contribution in [0.3, 0.4) is 0 Å². The van der Waals surface area contributed by atoms with Gasteiger partial charge in [-0.25, -0.2) is 4.68 Å². The van der Waals surface area contributed by atoms with Crippen molar-refractivity contribution in [1.29, 1.82) is 0 Å². The van der Waals surface area contributed by atoms with Crippen molar-refractivity contribution in [2.75, 3.05) is 13.1 Å². The molecule has 0 spiro atoms. The minimum absolute atomic E-state index is 0.0275. The fourth-order valence-corrected chi connectivity index (χ4v) is 2.95. The Labute approximate surface area is 134 Å². The van der Waals surface area contributed by atoms with E-state index in [2.05, 4.69) is 5.10 Å². The van der Waals surface area contributed by atoms with Crippen LogP contribution in [0.2, 0.25) is 5.02 Å². The molecule has 2 heterocycles. The van der Waals surface area contributed by atoms with Crippen molar-refractivity contribution < 1.29 is 9.53 Å². The molecule has 0 bridgehead atoms. The highest BCUT2D eigenvalue weighted by Crippen LogP contribution is 2.20. The van der Waals surface area contributed by atoms with Crippen LogP contribution in [0.1, 0.15) is 24.2 Å². The van der Waals surface area contributed by atoms with Gasteiger partial charge in [-0.05, 0) is 26.0 Å². The van der Waals surface area contributed by atoms with E-state index in [-0.39, 0.29) is 18.1 Å². The van der Waals surface area contributed by atoms with E-state index in [1.54, 1.807) is 23.1 Å². The minimum atomic E-state index is -0.0275. The molecule has 1 amide bonds. The third-order valence-electron chi connectivity index (χ3n) is 3.64. The van der Waals surface area contributed by atoms with Crippen LogP contribution in [-0.2, 0) is 4.74 Å². The summed E-state index contributed by atoms with van der Waals surface area (Å²) in [5, 5.41) is 4.85. The van der Waals surface area contributed by atoms with Gasteiger partial charge in [-0.3, -0.25) is 4.79 Å². The summed E-state index contributed by atoms with van der Waals surface area (Å²) >= 11 is 6.16. The van der Waals surface area contributed by atoms with Gasteiger partial charge in [0.1, 0.15) is 0 Å². The van der Waals surface area contributed by atoms with Crippen LogP contribution in [-0.4, -0.2) is 45.9 Å². The summed E-state index contributed by atoms with van der Waals surface area (Å²) in [6.45, 7) is 5.15. The van der Waals surface area contributed by atoms with Crippen molar-refractivity contribution in [3.63, 3.8) is 0 Å². The molecule has 3 rings (SSSR count). The van der Waals surface area contributed by atoms with Gasteiger partial charge in [-0.2, -0.15) is 5.10 Å². The zero-order valence-electron chi connectivity index (χ0n) is 12.6. The van der Waals surface area contributed by atoms with E-state index in [9.17, 15) is 4.79 Å². The van der Waals surface area contributed by atoms with Crippen LogP contribution in [0.25, 0.3) is 5.69 Å². The molecule has 2 atom stereocenters. The van der Waals surface area contributed by atoms with Gasteiger partial charge < -0.3 is 9.64 Å². The molecule has 0 aliphatic carbocycles. The molecule has 6 heteroatoms. The largest absolute Gasteiger partial charge is 0.372 e. The SMILES string of the molecule is C[C@@H]1CN(C(=O)c2cnn(-c3ccccc3Cl)c2)C[C@@H](C)O1. The Balaban J connectivity index is 1.82. The number of carbonyl (C=O) groups is 1. The van der Waals surface area contributed by atoms with E-state index in [1.165, 1.54) is 0 Å². The summed E-state index contributed by atoms with van der Waals surface area (Å²) in [7, 11) is 0. The number of para-hydroxylation sites is 1. The predicted molar refractivity (Wildman–Crippen MR) is 84.5 cm³/mol. The smallest absolute Gasteiger partial charge is 0.257 e. The Morgan fingerprint density at radius 2 is 1.95 bits per heavy atom. The van der Waals surface area contributed by atoms with Crippen LogP contribution >= 0.6 is 11.6 Å². The van der Waals surface area contributed by atoms with Crippen molar-refractivity contribution in [3.05, 3.63) is 47.2 Å². The first-order valence-electron chi connectivity index (χ1n) is 7.29.